The summed E-state index contributed by atoms with van der Waals surface area (Å²) in [7, 11) is 0. The summed E-state index contributed by atoms with van der Waals surface area (Å²) in [5.41, 5.74) is 0. The molecule has 76 valence electrons. The van der Waals surface area contributed by atoms with Crippen LogP contribution >= 0.6 is 34.8 Å². The molecule has 0 rings (SSSR count). The average molecular weight is 246 g/mol. The van der Waals surface area contributed by atoms with Crippen LogP contribution in [0.15, 0.2) is 9.52 Å². The smallest absolute Gasteiger partial charge is 0.307 e. The van der Waals surface area contributed by atoms with Gasteiger partial charge in [-0.1, -0.05) is 48.7 Å². The second-order valence-electron chi connectivity index (χ2n) is 3.06. The van der Waals surface area contributed by atoms with Gasteiger partial charge in [0.05, 0.1) is 5.92 Å². The number of carboxylic acid groups (broad SMARTS) is 1. The fourth-order valence-electron chi connectivity index (χ4n) is 0.878. The normalized spacial score (nSPS) is 12.8. The number of carboxylic acids is 1. The SMILES string of the molecule is CC(C)C(CC(Cl)=C(Cl)Cl)C(=O)O. The summed E-state index contributed by atoms with van der Waals surface area (Å²) in [5, 5.41) is 9.01. The molecule has 1 unspecified atom stereocenters. The first kappa shape index (κ1) is 13.1. The molecule has 0 radical (unpaired) electrons. The Morgan fingerprint density at radius 2 is 1.77 bits per heavy atom. The Morgan fingerprint density at radius 3 is 2.00 bits per heavy atom. The molecule has 0 amide bonds. The first-order valence-electron chi connectivity index (χ1n) is 3.78. The Kier molecular flexibility index (Phi) is 5.77. The molecule has 0 aliphatic heterocycles. The van der Waals surface area contributed by atoms with Crippen molar-refractivity contribution in [3.8, 4) is 0 Å². The predicted octanol–water partition coefficient (Wildman–Crippen LogP) is 3.62. The van der Waals surface area contributed by atoms with Gasteiger partial charge in [0, 0.05) is 5.03 Å². The van der Waals surface area contributed by atoms with Crippen LogP contribution in [0.2, 0.25) is 0 Å². The van der Waals surface area contributed by atoms with Crippen molar-refractivity contribution in [1.29, 1.82) is 0 Å². The van der Waals surface area contributed by atoms with Gasteiger partial charge in [-0.25, -0.2) is 0 Å². The van der Waals surface area contributed by atoms with E-state index >= 15 is 0 Å². The van der Waals surface area contributed by atoms with Gasteiger partial charge in [0.25, 0.3) is 0 Å². The summed E-state index contributed by atoms with van der Waals surface area (Å²) in [6.07, 6.45) is 0.177. The lowest BCUT2D eigenvalue weighted by atomic mass is 9.93. The third-order valence-electron chi connectivity index (χ3n) is 1.73. The van der Waals surface area contributed by atoms with Crippen molar-refractivity contribution in [1.82, 2.24) is 0 Å². The van der Waals surface area contributed by atoms with Gasteiger partial charge in [0.2, 0.25) is 0 Å². The third-order valence-corrected chi connectivity index (χ3v) is 2.72. The van der Waals surface area contributed by atoms with Crippen LogP contribution in [-0.4, -0.2) is 11.1 Å². The summed E-state index contributed by atoms with van der Waals surface area (Å²) < 4.78 is -0.0615. The highest BCUT2D eigenvalue weighted by molar-refractivity contribution is 6.59. The topological polar surface area (TPSA) is 37.3 Å². The molecule has 0 aliphatic rings. The molecule has 1 atom stereocenters. The van der Waals surface area contributed by atoms with Crippen molar-refractivity contribution in [3.05, 3.63) is 9.52 Å². The highest BCUT2D eigenvalue weighted by atomic mass is 35.5. The van der Waals surface area contributed by atoms with Gasteiger partial charge in [-0.15, -0.1) is 0 Å². The van der Waals surface area contributed by atoms with Crippen LogP contribution in [0.1, 0.15) is 20.3 Å². The van der Waals surface area contributed by atoms with Crippen LogP contribution in [0, 0.1) is 11.8 Å². The molecule has 0 aromatic carbocycles. The van der Waals surface area contributed by atoms with E-state index in [4.69, 9.17) is 39.9 Å². The van der Waals surface area contributed by atoms with E-state index in [0.717, 1.165) is 0 Å². The Morgan fingerprint density at radius 1 is 1.31 bits per heavy atom. The molecule has 13 heavy (non-hydrogen) atoms. The van der Waals surface area contributed by atoms with Gasteiger partial charge in [-0.05, 0) is 12.3 Å². The number of halogens is 3. The summed E-state index contributed by atoms with van der Waals surface area (Å²) >= 11 is 16.5. The lowest BCUT2D eigenvalue weighted by Crippen LogP contribution is -2.19. The summed E-state index contributed by atoms with van der Waals surface area (Å²) in [6, 6.07) is 0. The number of hydrogen-bond acceptors (Lipinski definition) is 1. The molecule has 0 spiro atoms. The zero-order valence-corrected chi connectivity index (χ0v) is 9.62. The molecule has 0 fully saturated rings. The molecule has 0 saturated carbocycles. The maximum atomic E-state index is 10.7. The molecule has 0 aromatic heterocycles. The van der Waals surface area contributed by atoms with E-state index in [9.17, 15) is 4.79 Å². The highest BCUT2D eigenvalue weighted by Gasteiger charge is 2.23. The number of aliphatic carboxylic acids is 1. The van der Waals surface area contributed by atoms with Crippen LogP contribution < -0.4 is 0 Å². The van der Waals surface area contributed by atoms with Gasteiger partial charge in [0.1, 0.15) is 4.49 Å². The second-order valence-corrected chi connectivity index (χ2v) is 4.46. The van der Waals surface area contributed by atoms with Crippen molar-refractivity contribution in [3.63, 3.8) is 0 Å². The van der Waals surface area contributed by atoms with Crippen molar-refractivity contribution < 1.29 is 9.90 Å². The fourth-order valence-corrected chi connectivity index (χ4v) is 1.20. The Hall–Kier alpha value is 0.0800. The lowest BCUT2D eigenvalue weighted by molar-refractivity contribution is -0.143. The third kappa shape index (κ3) is 4.75. The van der Waals surface area contributed by atoms with E-state index in [1.165, 1.54) is 0 Å². The van der Waals surface area contributed by atoms with Crippen LogP contribution in [0.25, 0.3) is 0 Å². The fraction of sp³-hybridized carbons (Fsp3) is 0.625. The molecule has 0 saturated heterocycles. The molecular formula is C8H11Cl3O2. The first-order chi connectivity index (χ1) is 5.86. The van der Waals surface area contributed by atoms with E-state index in [-0.39, 0.29) is 21.9 Å². The van der Waals surface area contributed by atoms with E-state index < -0.39 is 11.9 Å². The maximum absolute atomic E-state index is 10.7. The second kappa shape index (κ2) is 5.74. The lowest BCUT2D eigenvalue weighted by Gasteiger charge is -2.15. The van der Waals surface area contributed by atoms with Crippen molar-refractivity contribution in [2.45, 2.75) is 20.3 Å². The summed E-state index contributed by atoms with van der Waals surface area (Å²) in [6.45, 7) is 3.62. The Bertz CT molecular complexity index is 219. The van der Waals surface area contributed by atoms with Gasteiger partial charge in [0.15, 0.2) is 0 Å². The monoisotopic (exact) mass is 244 g/mol. The summed E-state index contributed by atoms with van der Waals surface area (Å²) in [4.78, 5) is 10.7. The number of carbonyl (C=O) groups is 1. The largest absolute Gasteiger partial charge is 0.481 e. The number of allylic oxidation sites excluding steroid dienone is 1. The molecular weight excluding hydrogens is 234 g/mol. The van der Waals surface area contributed by atoms with Crippen molar-refractivity contribution in [2.75, 3.05) is 0 Å². The van der Waals surface area contributed by atoms with Crippen LogP contribution in [0.3, 0.4) is 0 Å². The van der Waals surface area contributed by atoms with E-state index in [1.54, 1.807) is 0 Å². The Labute approximate surface area is 92.5 Å². The minimum Gasteiger partial charge on any atom is -0.481 e. The molecule has 0 aromatic rings. The molecule has 0 bridgehead atoms. The first-order valence-corrected chi connectivity index (χ1v) is 4.92. The molecule has 0 heterocycles. The van der Waals surface area contributed by atoms with Gasteiger partial charge >= 0.3 is 5.97 Å². The van der Waals surface area contributed by atoms with Crippen LogP contribution in [0.5, 0.6) is 0 Å². The quantitative estimate of drug-likeness (QED) is 0.821. The Balaban J connectivity index is 4.45. The maximum Gasteiger partial charge on any atom is 0.307 e. The van der Waals surface area contributed by atoms with E-state index in [0.29, 0.717) is 0 Å². The van der Waals surface area contributed by atoms with Crippen molar-refractivity contribution >= 4 is 40.8 Å². The van der Waals surface area contributed by atoms with Crippen molar-refractivity contribution in [2.24, 2.45) is 11.8 Å². The van der Waals surface area contributed by atoms with Gasteiger partial charge in [-0.2, -0.15) is 0 Å². The van der Waals surface area contributed by atoms with E-state index in [2.05, 4.69) is 0 Å². The molecule has 5 heteroatoms. The summed E-state index contributed by atoms with van der Waals surface area (Å²) in [5.74, 6) is -1.43. The predicted molar refractivity (Wildman–Crippen MR) is 55.2 cm³/mol. The zero-order chi connectivity index (χ0) is 10.6. The van der Waals surface area contributed by atoms with Crippen LogP contribution in [0.4, 0.5) is 0 Å². The van der Waals surface area contributed by atoms with Gasteiger partial charge in [-0.3, -0.25) is 4.79 Å². The minimum absolute atomic E-state index is 0.000988. The van der Waals surface area contributed by atoms with Crippen LogP contribution in [-0.2, 0) is 4.79 Å². The minimum atomic E-state index is -0.886. The number of hydrogen-bond donors (Lipinski definition) is 1. The average Bonchev–Trinajstić information content (AvgIpc) is 1.97. The number of rotatable bonds is 4. The standard InChI is InChI=1S/C8H11Cl3O2/c1-4(2)5(8(12)13)3-6(9)7(10)11/h4-5H,3H2,1-2H3,(H,12,13). The molecule has 0 aliphatic carbocycles. The van der Waals surface area contributed by atoms with E-state index in [1.807, 2.05) is 13.8 Å². The van der Waals surface area contributed by atoms with Gasteiger partial charge < -0.3 is 5.11 Å². The zero-order valence-electron chi connectivity index (χ0n) is 7.35. The highest BCUT2D eigenvalue weighted by Crippen LogP contribution is 2.28. The molecule has 2 nitrogen and oxygen atoms in total. The molecule has 1 N–H and O–H groups in total.